The number of amides is 1. The van der Waals surface area contributed by atoms with E-state index in [0.29, 0.717) is 26.5 Å². The third kappa shape index (κ3) is 5.29. The van der Waals surface area contributed by atoms with Gasteiger partial charge in [0.15, 0.2) is 5.75 Å². The molecule has 0 aromatic heterocycles. The van der Waals surface area contributed by atoms with Crippen molar-refractivity contribution in [3.63, 3.8) is 0 Å². The minimum Gasteiger partial charge on any atom is -0.853 e. The van der Waals surface area contributed by atoms with Gasteiger partial charge in [0.2, 0.25) is 5.88 Å². The second-order valence-corrected chi connectivity index (χ2v) is 9.64. The summed E-state index contributed by atoms with van der Waals surface area (Å²) >= 11 is 6.27. The van der Waals surface area contributed by atoms with Gasteiger partial charge in [0, 0.05) is 13.1 Å². The molecule has 11 heteroatoms. The van der Waals surface area contributed by atoms with E-state index in [1.165, 1.54) is 4.90 Å². The average molecular weight is 467 g/mol. The van der Waals surface area contributed by atoms with Crippen LogP contribution in [0.1, 0.15) is 6.92 Å². The van der Waals surface area contributed by atoms with Crippen LogP contribution in [0.2, 0.25) is 0 Å². The zero-order chi connectivity index (χ0) is 21.9. The maximum absolute atomic E-state index is 12.3. The molecule has 1 aromatic rings. The molecule has 0 unspecified atom stereocenters. The van der Waals surface area contributed by atoms with Gasteiger partial charge in [0.25, 0.3) is 5.91 Å². The number of thiocarbonyl (C=S) groups is 1. The standard InChI is InChI=1S/C19H19N2O6S3/c1-13(12-16-18(23)21(8-10-22)19(28)29-16)6-7-17-20(9-11-30(24,25)26)14-4-2-3-5-15(14)27-17/h2-7,12H,8-11H2,1H3,(H,24,25,26)/q-1/p-1. The van der Waals surface area contributed by atoms with Gasteiger partial charge in [-0.25, -0.2) is 8.42 Å². The number of benzene rings is 1. The highest BCUT2D eigenvalue weighted by atomic mass is 32.2. The summed E-state index contributed by atoms with van der Waals surface area (Å²) in [5.41, 5.74) is 1.39. The molecule has 0 radical (unpaired) electrons. The summed E-state index contributed by atoms with van der Waals surface area (Å²) in [7, 11) is -4.38. The summed E-state index contributed by atoms with van der Waals surface area (Å²) in [5, 5.41) is 10.8. The monoisotopic (exact) mass is 466 g/mol. The first-order chi connectivity index (χ1) is 14.2. The van der Waals surface area contributed by atoms with Crippen LogP contribution in [-0.2, 0) is 14.9 Å². The Morgan fingerprint density at radius 1 is 1.27 bits per heavy atom. The summed E-state index contributed by atoms with van der Waals surface area (Å²) in [6.45, 7) is 1.35. The molecular formula is C19H18N2O6S3-2. The second kappa shape index (κ2) is 9.31. The van der Waals surface area contributed by atoms with E-state index >= 15 is 0 Å². The molecule has 1 amide bonds. The molecule has 30 heavy (non-hydrogen) atoms. The van der Waals surface area contributed by atoms with E-state index in [2.05, 4.69) is 0 Å². The van der Waals surface area contributed by atoms with Crippen LogP contribution in [0.25, 0.3) is 0 Å². The molecule has 0 saturated carbocycles. The molecule has 0 aliphatic carbocycles. The highest BCUT2D eigenvalue weighted by Gasteiger charge is 2.30. The molecule has 2 aliphatic rings. The maximum atomic E-state index is 12.3. The first kappa shape index (κ1) is 22.5. The van der Waals surface area contributed by atoms with Crippen molar-refractivity contribution in [3.8, 4) is 5.75 Å². The number of allylic oxidation sites excluding steroid dienone is 4. The fourth-order valence-corrected chi connectivity index (χ4v) is 4.62. The number of fused-ring (bicyclic) bond motifs is 1. The van der Waals surface area contributed by atoms with Crippen LogP contribution in [-0.4, -0.2) is 53.5 Å². The molecule has 3 rings (SSSR count). The third-order valence-electron chi connectivity index (χ3n) is 4.24. The highest BCUT2D eigenvalue weighted by molar-refractivity contribution is 8.26. The molecule has 1 aromatic carbocycles. The molecule has 0 N–H and O–H groups in total. The first-order valence-corrected chi connectivity index (χ1v) is 11.7. The Labute approximate surface area is 184 Å². The van der Waals surface area contributed by atoms with Gasteiger partial charge in [-0.05, 0) is 36.8 Å². The molecule has 0 atom stereocenters. The van der Waals surface area contributed by atoms with Crippen LogP contribution in [0.5, 0.6) is 5.75 Å². The van der Waals surface area contributed by atoms with Gasteiger partial charge in [0.05, 0.1) is 26.5 Å². The Kier molecular flexibility index (Phi) is 6.98. The molecule has 0 spiro atoms. The van der Waals surface area contributed by atoms with Gasteiger partial charge < -0.3 is 19.3 Å². The average Bonchev–Trinajstić information content (AvgIpc) is 3.16. The topological polar surface area (TPSA) is 113 Å². The Morgan fingerprint density at radius 3 is 2.70 bits per heavy atom. The van der Waals surface area contributed by atoms with Crippen molar-refractivity contribution in [2.45, 2.75) is 6.92 Å². The summed E-state index contributed by atoms with van der Waals surface area (Å²) in [4.78, 5) is 15.6. The van der Waals surface area contributed by atoms with E-state index in [1.54, 1.807) is 54.3 Å². The summed E-state index contributed by atoms with van der Waals surface area (Å²) in [6, 6.07) is 7.09. The number of rotatable bonds is 7. The van der Waals surface area contributed by atoms with Crippen molar-refractivity contribution in [1.29, 1.82) is 0 Å². The van der Waals surface area contributed by atoms with Crippen LogP contribution in [0.3, 0.4) is 0 Å². The Hall–Kier alpha value is -2.18. The normalized spacial score (nSPS) is 19.8. The van der Waals surface area contributed by atoms with Crippen molar-refractivity contribution >= 4 is 50.0 Å². The quantitative estimate of drug-likeness (QED) is 0.333. The first-order valence-electron chi connectivity index (χ1n) is 8.89. The van der Waals surface area contributed by atoms with E-state index in [1.807, 2.05) is 0 Å². The van der Waals surface area contributed by atoms with Crippen LogP contribution >= 0.6 is 24.0 Å². The molecule has 2 aliphatic heterocycles. The van der Waals surface area contributed by atoms with Gasteiger partial charge in [-0.3, -0.25) is 9.69 Å². The van der Waals surface area contributed by atoms with Crippen molar-refractivity contribution in [2.75, 3.05) is 30.3 Å². The minimum atomic E-state index is -4.38. The molecule has 1 fully saturated rings. The van der Waals surface area contributed by atoms with Crippen molar-refractivity contribution in [1.82, 2.24) is 4.90 Å². The minimum absolute atomic E-state index is 0.0402. The lowest BCUT2D eigenvalue weighted by molar-refractivity contribution is -0.367. The van der Waals surface area contributed by atoms with E-state index in [4.69, 9.17) is 17.0 Å². The SMILES string of the molecule is CC(=CC=C1Oc2ccccc2N1CCS(=O)(=O)[O-])C=C1SC(=S)N(CC[O-])C1=O. The van der Waals surface area contributed by atoms with E-state index in [-0.39, 0.29) is 19.0 Å². The predicted molar refractivity (Wildman–Crippen MR) is 116 cm³/mol. The second-order valence-electron chi connectivity index (χ2n) is 6.44. The van der Waals surface area contributed by atoms with Gasteiger partial charge in [-0.1, -0.05) is 42.2 Å². The third-order valence-corrected chi connectivity index (χ3v) is 6.30. The summed E-state index contributed by atoms with van der Waals surface area (Å²) < 4.78 is 39.3. The van der Waals surface area contributed by atoms with Crippen LogP contribution in [0.4, 0.5) is 5.69 Å². The van der Waals surface area contributed by atoms with E-state index < -0.39 is 22.5 Å². The van der Waals surface area contributed by atoms with Crippen molar-refractivity contribution < 1.29 is 27.6 Å². The molecule has 1 saturated heterocycles. The smallest absolute Gasteiger partial charge is 0.266 e. The fourth-order valence-electron chi connectivity index (χ4n) is 2.85. The van der Waals surface area contributed by atoms with Crippen LogP contribution < -0.4 is 14.7 Å². The Bertz CT molecular complexity index is 1060. The van der Waals surface area contributed by atoms with Gasteiger partial charge in [0.1, 0.15) is 4.32 Å². The number of carbonyl (C=O) groups excluding carboxylic acids is 1. The van der Waals surface area contributed by atoms with Gasteiger partial charge >= 0.3 is 0 Å². The molecule has 0 bridgehead atoms. The zero-order valence-electron chi connectivity index (χ0n) is 15.9. The number of hydrogen-bond donors (Lipinski definition) is 0. The number of nitrogens with zero attached hydrogens (tertiary/aromatic N) is 2. The lowest BCUT2D eigenvalue weighted by Crippen LogP contribution is -2.34. The summed E-state index contributed by atoms with van der Waals surface area (Å²) in [6.07, 6.45) is 5.01. The zero-order valence-corrected chi connectivity index (χ0v) is 18.4. The molecule has 160 valence electrons. The molecule has 8 nitrogen and oxygen atoms in total. The van der Waals surface area contributed by atoms with Crippen LogP contribution in [0, 0.1) is 0 Å². The van der Waals surface area contributed by atoms with Crippen molar-refractivity contribution in [3.05, 3.63) is 58.9 Å². The fraction of sp³-hybridized carbons (Fsp3) is 0.263. The lowest BCUT2D eigenvalue weighted by Gasteiger charge is -2.19. The predicted octanol–water partition coefficient (Wildman–Crippen LogP) is 1.32. The molecular weight excluding hydrogens is 448 g/mol. The Morgan fingerprint density at radius 2 is 2.00 bits per heavy atom. The number of ether oxygens (including phenoxy) is 1. The van der Waals surface area contributed by atoms with E-state index in [9.17, 15) is 22.9 Å². The van der Waals surface area contributed by atoms with Crippen molar-refractivity contribution in [2.24, 2.45) is 0 Å². The van der Waals surface area contributed by atoms with Crippen LogP contribution in [0.15, 0.2) is 58.9 Å². The van der Waals surface area contributed by atoms with Gasteiger partial charge in [-0.15, -0.1) is 6.61 Å². The maximum Gasteiger partial charge on any atom is 0.266 e. The largest absolute Gasteiger partial charge is 0.853 e. The van der Waals surface area contributed by atoms with E-state index in [0.717, 1.165) is 17.3 Å². The van der Waals surface area contributed by atoms with Gasteiger partial charge in [-0.2, -0.15) is 0 Å². The Balaban J connectivity index is 1.81. The molecule has 2 heterocycles. The number of para-hydroxylation sites is 2. The summed E-state index contributed by atoms with van der Waals surface area (Å²) in [5.74, 6) is 0.0588. The lowest BCUT2D eigenvalue weighted by atomic mass is 10.2. The highest BCUT2D eigenvalue weighted by Crippen LogP contribution is 2.38. The number of carbonyl (C=O) groups is 1. The number of hydrogen-bond acceptors (Lipinski definition) is 9. The number of thioether (sulfide) groups is 1. The number of anilines is 1.